The minimum Gasteiger partial charge on any atom is -0.490 e. The number of hydrogen-bond donors (Lipinski definition) is 2. The number of nitrogens with two attached hydrogens (primary N) is 1. The summed E-state index contributed by atoms with van der Waals surface area (Å²) in [5.74, 6) is 0.330. The van der Waals surface area contributed by atoms with Gasteiger partial charge in [0, 0.05) is 10.9 Å². The van der Waals surface area contributed by atoms with Crippen molar-refractivity contribution in [1.29, 1.82) is 0 Å². The highest BCUT2D eigenvalue weighted by Gasteiger charge is 2.30. The maximum atomic E-state index is 13.3. The molecule has 1 aliphatic rings. The van der Waals surface area contributed by atoms with Gasteiger partial charge in [0.1, 0.15) is 11.4 Å². The van der Waals surface area contributed by atoms with Gasteiger partial charge in [-0.1, -0.05) is 30.3 Å². The number of nitrogens with one attached hydrogen (secondary N) is 1. The van der Waals surface area contributed by atoms with Crippen LogP contribution in [0.25, 0.3) is 33.2 Å². The molecule has 1 heterocycles. The van der Waals surface area contributed by atoms with Gasteiger partial charge in [-0.15, -0.1) is 0 Å². The number of esters is 1. The average molecular weight is 551 g/mol. The molecule has 0 amide bonds. The number of rotatable bonds is 9. The summed E-state index contributed by atoms with van der Waals surface area (Å²) >= 11 is 0. The van der Waals surface area contributed by atoms with Gasteiger partial charge in [-0.05, 0) is 110 Å². The Balaban J connectivity index is 1.69. The third-order valence-corrected chi connectivity index (χ3v) is 7.45. The van der Waals surface area contributed by atoms with Crippen LogP contribution in [0.3, 0.4) is 0 Å². The van der Waals surface area contributed by atoms with E-state index in [2.05, 4.69) is 4.98 Å². The molecule has 0 saturated heterocycles. The molecule has 8 heteroatoms. The van der Waals surface area contributed by atoms with Crippen LogP contribution >= 0.6 is 0 Å². The lowest BCUT2D eigenvalue weighted by Gasteiger charge is -2.17. The van der Waals surface area contributed by atoms with E-state index in [9.17, 15) is 18.0 Å². The highest BCUT2D eigenvalue weighted by atomic mass is 19.4. The zero-order valence-corrected chi connectivity index (χ0v) is 22.4. The van der Waals surface area contributed by atoms with Crippen molar-refractivity contribution in [2.24, 2.45) is 5.73 Å². The van der Waals surface area contributed by atoms with Gasteiger partial charge in [0.2, 0.25) is 0 Å². The molecule has 1 saturated carbocycles. The molecule has 4 aromatic rings. The topological polar surface area (TPSA) is 77.3 Å². The molecule has 1 aromatic heterocycles. The maximum Gasteiger partial charge on any atom is 0.416 e. The van der Waals surface area contributed by atoms with Gasteiger partial charge in [-0.3, -0.25) is 0 Å². The summed E-state index contributed by atoms with van der Waals surface area (Å²) in [6.07, 6.45) is 1.41. The second-order valence-corrected chi connectivity index (χ2v) is 10.1. The Labute approximate surface area is 231 Å². The fourth-order valence-electron chi connectivity index (χ4n) is 5.54. The number of aromatic amines is 1. The van der Waals surface area contributed by atoms with Crippen LogP contribution in [0.1, 0.15) is 60.6 Å². The van der Waals surface area contributed by atoms with E-state index in [0.717, 1.165) is 63.9 Å². The summed E-state index contributed by atoms with van der Waals surface area (Å²) in [4.78, 5) is 16.2. The second-order valence-electron chi connectivity index (χ2n) is 10.1. The van der Waals surface area contributed by atoms with Gasteiger partial charge in [-0.2, -0.15) is 13.2 Å². The number of H-pyrrole nitrogens is 1. The fourth-order valence-corrected chi connectivity index (χ4v) is 5.54. The number of aryl methyl sites for hydroxylation is 1. The molecule has 1 fully saturated rings. The van der Waals surface area contributed by atoms with E-state index in [-0.39, 0.29) is 12.7 Å². The van der Waals surface area contributed by atoms with E-state index in [0.29, 0.717) is 30.6 Å². The SMILES string of the molecule is CCOC(=O)c1[nH]c2ccc(-c3ccc(C(F)(F)F)cc3)c(-c3ccc(OC4CCCC4)cc3)c2c1CCCN. The van der Waals surface area contributed by atoms with Crippen LogP contribution in [0.4, 0.5) is 13.2 Å². The van der Waals surface area contributed by atoms with Gasteiger partial charge in [0.15, 0.2) is 0 Å². The Morgan fingerprint density at radius 3 is 2.27 bits per heavy atom. The molecule has 5 nitrogen and oxygen atoms in total. The molecule has 40 heavy (non-hydrogen) atoms. The van der Waals surface area contributed by atoms with E-state index in [4.69, 9.17) is 15.2 Å². The predicted molar refractivity (Wildman–Crippen MR) is 150 cm³/mol. The lowest BCUT2D eigenvalue weighted by molar-refractivity contribution is -0.137. The van der Waals surface area contributed by atoms with Crippen molar-refractivity contribution in [3.8, 4) is 28.0 Å². The number of carbonyl (C=O) groups excluding carboxylic acids is 1. The molecule has 0 aliphatic heterocycles. The Hall–Kier alpha value is -3.78. The molecular weight excluding hydrogens is 517 g/mol. The van der Waals surface area contributed by atoms with Gasteiger partial charge in [0.25, 0.3) is 0 Å². The lowest BCUT2D eigenvalue weighted by atomic mass is 9.89. The molecule has 3 aromatic carbocycles. The van der Waals surface area contributed by atoms with Crippen LogP contribution in [0.15, 0.2) is 60.7 Å². The van der Waals surface area contributed by atoms with Crippen LogP contribution in [0.2, 0.25) is 0 Å². The van der Waals surface area contributed by atoms with Gasteiger partial charge >= 0.3 is 12.1 Å². The Kier molecular flexibility index (Phi) is 8.17. The third-order valence-electron chi connectivity index (χ3n) is 7.45. The number of fused-ring (bicyclic) bond motifs is 1. The molecule has 0 unspecified atom stereocenters. The van der Waals surface area contributed by atoms with Crippen LogP contribution in [-0.2, 0) is 17.3 Å². The molecule has 0 atom stereocenters. The summed E-state index contributed by atoms with van der Waals surface area (Å²) in [6.45, 7) is 2.43. The minimum absolute atomic E-state index is 0.219. The first-order valence-corrected chi connectivity index (χ1v) is 13.8. The first-order chi connectivity index (χ1) is 19.3. The van der Waals surface area contributed by atoms with Crippen LogP contribution in [0, 0.1) is 0 Å². The van der Waals surface area contributed by atoms with Crippen molar-refractivity contribution < 1.29 is 27.4 Å². The molecule has 210 valence electrons. The zero-order chi connectivity index (χ0) is 28.3. The van der Waals surface area contributed by atoms with E-state index < -0.39 is 17.7 Å². The largest absolute Gasteiger partial charge is 0.490 e. The van der Waals surface area contributed by atoms with Gasteiger partial charge < -0.3 is 20.2 Å². The normalized spacial score (nSPS) is 14.1. The number of alkyl halides is 3. The predicted octanol–water partition coefficient (Wildman–Crippen LogP) is 7.91. The van der Waals surface area contributed by atoms with E-state index in [1.807, 2.05) is 36.4 Å². The molecule has 5 rings (SSSR count). The van der Waals surface area contributed by atoms with Gasteiger partial charge in [-0.25, -0.2) is 4.79 Å². The molecular formula is C32H33F3N2O3. The van der Waals surface area contributed by atoms with Gasteiger partial charge in [0.05, 0.1) is 18.3 Å². The molecule has 0 radical (unpaired) electrons. The van der Waals surface area contributed by atoms with E-state index >= 15 is 0 Å². The summed E-state index contributed by atoms with van der Waals surface area (Å²) in [5.41, 5.74) is 10.1. The number of aromatic nitrogens is 1. The summed E-state index contributed by atoms with van der Waals surface area (Å²) in [6, 6.07) is 16.7. The molecule has 3 N–H and O–H groups in total. The van der Waals surface area contributed by atoms with Crippen LogP contribution in [0.5, 0.6) is 5.75 Å². The highest BCUT2D eigenvalue weighted by molar-refractivity contribution is 6.09. The number of hydrogen-bond acceptors (Lipinski definition) is 4. The Morgan fingerprint density at radius 2 is 1.65 bits per heavy atom. The fraction of sp³-hybridized carbons (Fsp3) is 0.344. The first-order valence-electron chi connectivity index (χ1n) is 13.8. The van der Waals surface area contributed by atoms with Crippen molar-refractivity contribution >= 4 is 16.9 Å². The molecule has 0 spiro atoms. The third kappa shape index (κ3) is 5.72. The number of benzene rings is 3. The van der Waals surface area contributed by atoms with Crippen molar-refractivity contribution in [2.45, 2.75) is 57.7 Å². The summed E-state index contributed by atoms with van der Waals surface area (Å²) in [7, 11) is 0. The van der Waals surface area contributed by atoms with Crippen LogP contribution in [-0.4, -0.2) is 30.2 Å². The quantitative estimate of drug-likeness (QED) is 0.208. The van der Waals surface area contributed by atoms with Crippen molar-refractivity contribution in [3.05, 3.63) is 77.5 Å². The smallest absolute Gasteiger partial charge is 0.416 e. The Bertz CT molecular complexity index is 1470. The average Bonchev–Trinajstić information content (AvgIpc) is 3.59. The van der Waals surface area contributed by atoms with Crippen molar-refractivity contribution in [2.75, 3.05) is 13.2 Å². The van der Waals surface area contributed by atoms with Crippen LogP contribution < -0.4 is 10.5 Å². The Morgan fingerprint density at radius 1 is 0.975 bits per heavy atom. The summed E-state index contributed by atoms with van der Waals surface area (Å²) < 4.78 is 51.4. The first kappa shape index (κ1) is 27.8. The summed E-state index contributed by atoms with van der Waals surface area (Å²) in [5, 5.41) is 0.832. The number of ether oxygens (including phenoxy) is 2. The lowest BCUT2D eigenvalue weighted by Crippen LogP contribution is -2.10. The molecule has 1 aliphatic carbocycles. The van der Waals surface area contributed by atoms with E-state index in [1.165, 1.54) is 25.0 Å². The number of halogens is 3. The molecule has 0 bridgehead atoms. The second kappa shape index (κ2) is 11.8. The van der Waals surface area contributed by atoms with Crippen molar-refractivity contribution in [1.82, 2.24) is 4.98 Å². The highest BCUT2D eigenvalue weighted by Crippen LogP contribution is 2.42. The number of carbonyl (C=O) groups is 1. The van der Waals surface area contributed by atoms with Crippen molar-refractivity contribution in [3.63, 3.8) is 0 Å². The maximum absolute atomic E-state index is 13.3. The minimum atomic E-state index is -4.43. The van der Waals surface area contributed by atoms with E-state index in [1.54, 1.807) is 6.92 Å². The monoisotopic (exact) mass is 550 g/mol. The standard InChI is InChI=1S/C32H33F3N2O3/c1-2-39-31(38)30-26(8-5-19-36)29-27(37-30)18-17-25(20-9-13-22(14-10-20)32(33,34)35)28(29)21-11-15-24(16-12-21)40-23-6-3-4-7-23/h9-18,23,37H,2-8,19,36H2,1H3. The zero-order valence-electron chi connectivity index (χ0n) is 22.4.